The molecule has 0 aromatic heterocycles. The molecule has 1 aromatic carbocycles. The number of nitrogens with one attached hydrogen (secondary N) is 1. The summed E-state index contributed by atoms with van der Waals surface area (Å²) >= 11 is 4.41. The molecule has 0 unspecified atom stereocenters. The molecule has 0 aliphatic heterocycles. The molecule has 0 fully saturated rings. The van der Waals surface area contributed by atoms with Crippen LogP contribution in [0, 0.1) is 11.2 Å². The first-order chi connectivity index (χ1) is 7.57. The van der Waals surface area contributed by atoms with Crippen molar-refractivity contribution in [2.45, 2.75) is 11.3 Å². The highest BCUT2D eigenvalue weighted by molar-refractivity contribution is 9.10. The summed E-state index contributed by atoms with van der Waals surface area (Å²) in [5.41, 5.74) is 5.65. The Balaban J connectivity index is 2.89. The fourth-order valence-electron chi connectivity index (χ4n) is 1.10. The van der Waals surface area contributed by atoms with Crippen LogP contribution in [0.3, 0.4) is 0 Å². The number of hydrogen-bond donors (Lipinski definition) is 3. The Kier molecular flexibility index (Phi) is 5.24. The molecule has 0 saturated heterocycles. The summed E-state index contributed by atoms with van der Waals surface area (Å²) in [4.78, 5) is 0.491. The number of nitrogen functional groups attached to an aromatic ring is 1. The molecule has 3 nitrogen and oxygen atoms in total. The van der Waals surface area contributed by atoms with Gasteiger partial charge in [0.1, 0.15) is 5.84 Å². The van der Waals surface area contributed by atoms with Gasteiger partial charge in [0, 0.05) is 22.8 Å². The van der Waals surface area contributed by atoms with Crippen molar-refractivity contribution in [1.82, 2.24) is 0 Å². The summed E-state index contributed by atoms with van der Waals surface area (Å²) in [6.45, 7) is 0.0985. The number of rotatable bonds is 5. The molecule has 0 spiro atoms. The van der Waals surface area contributed by atoms with E-state index < -0.39 is 5.82 Å². The summed E-state index contributed by atoms with van der Waals surface area (Å²) in [7, 11) is 0. The molecule has 0 bridgehead atoms. The highest BCUT2D eigenvalue weighted by atomic mass is 79.9. The maximum atomic E-state index is 13.8. The second kappa shape index (κ2) is 6.22. The summed E-state index contributed by atoms with van der Waals surface area (Å²) in [6.07, 6.45) is 0.621. The van der Waals surface area contributed by atoms with E-state index in [2.05, 4.69) is 15.9 Å². The van der Waals surface area contributed by atoms with Crippen LogP contribution in [0.2, 0.25) is 0 Å². The quantitative estimate of drug-likeness (QED) is 0.338. The van der Waals surface area contributed by atoms with Crippen LogP contribution in [0.4, 0.5) is 4.39 Å². The Hall–Kier alpha value is -0.590. The molecule has 0 aliphatic rings. The van der Waals surface area contributed by atoms with Gasteiger partial charge < -0.3 is 10.8 Å². The molecule has 0 aliphatic carbocycles. The van der Waals surface area contributed by atoms with Crippen LogP contribution in [-0.4, -0.2) is 23.3 Å². The minimum absolute atomic E-state index is 0.0985. The van der Waals surface area contributed by atoms with Crippen LogP contribution < -0.4 is 5.73 Å². The highest BCUT2D eigenvalue weighted by Gasteiger charge is 2.12. The van der Waals surface area contributed by atoms with Crippen LogP contribution in [0.25, 0.3) is 0 Å². The molecule has 4 N–H and O–H groups in total. The van der Waals surface area contributed by atoms with Gasteiger partial charge in [0.05, 0.1) is 4.47 Å². The van der Waals surface area contributed by atoms with E-state index in [0.717, 1.165) is 0 Å². The van der Waals surface area contributed by atoms with Crippen molar-refractivity contribution in [3.8, 4) is 0 Å². The van der Waals surface area contributed by atoms with Crippen molar-refractivity contribution in [1.29, 1.82) is 5.41 Å². The zero-order chi connectivity index (χ0) is 12.1. The zero-order valence-corrected chi connectivity index (χ0v) is 10.9. The zero-order valence-electron chi connectivity index (χ0n) is 8.46. The molecular formula is C10H12BrFN2OS. The normalized spacial score (nSPS) is 10.4. The average molecular weight is 307 g/mol. The average Bonchev–Trinajstić information content (AvgIpc) is 2.24. The molecule has 16 heavy (non-hydrogen) atoms. The molecule has 88 valence electrons. The molecule has 1 aromatic rings. The van der Waals surface area contributed by atoms with E-state index in [9.17, 15) is 4.39 Å². The number of aliphatic hydroxyl groups is 1. The van der Waals surface area contributed by atoms with Crippen LogP contribution >= 0.6 is 27.7 Å². The maximum absolute atomic E-state index is 13.8. The lowest BCUT2D eigenvalue weighted by atomic mass is 10.2. The first kappa shape index (κ1) is 13.5. The van der Waals surface area contributed by atoms with E-state index in [1.165, 1.54) is 11.8 Å². The van der Waals surface area contributed by atoms with Gasteiger partial charge in [0.2, 0.25) is 0 Å². The number of amidine groups is 1. The van der Waals surface area contributed by atoms with Gasteiger partial charge in [-0.05, 0) is 34.5 Å². The third-order valence-electron chi connectivity index (χ3n) is 1.90. The standard InChI is InChI=1S/C10H12BrFN2OS/c11-8-6(10(13)14)2-3-7(9(8)12)16-5-1-4-15/h2-3,15H,1,4-5H2,(H3,13,14). The first-order valence-corrected chi connectivity index (χ1v) is 6.41. The lowest BCUT2D eigenvalue weighted by Gasteiger charge is -2.08. The molecule has 0 amide bonds. The van der Waals surface area contributed by atoms with Gasteiger partial charge in [-0.3, -0.25) is 5.41 Å². The predicted octanol–water partition coefficient (Wildman–Crippen LogP) is 2.35. The molecule has 0 saturated carbocycles. The largest absolute Gasteiger partial charge is 0.396 e. The minimum Gasteiger partial charge on any atom is -0.396 e. The second-order valence-electron chi connectivity index (χ2n) is 3.08. The smallest absolute Gasteiger partial charge is 0.151 e. The van der Waals surface area contributed by atoms with Crippen molar-refractivity contribution in [3.05, 3.63) is 28.0 Å². The summed E-state index contributed by atoms with van der Waals surface area (Å²) in [5, 5.41) is 15.9. The minimum atomic E-state index is -0.407. The summed E-state index contributed by atoms with van der Waals surface area (Å²) in [5.74, 6) is 0.0764. The lowest BCUT2D eigenvalue weighted by Crippen LogP contribution is -2.12. The molecule has 0 heterocycles. The number of halogens is 2. The van der Waals surface area contributed by atoms with Crippen molar-refractivity contribution >= 4 is 33.5 Å². The number of thioether (sulfide) groups is 1. The number of aliphatic hydroxyl groups excluding tert-OH is 1. The van der Waals surface area contributed by atoms with Gasteiger partial charge in [-0.1, -0.05) is 0 Å². The van der Waals surface area contributed by atoms with Crippen molar-refractivity contribution in [3.63, 3.8) is 0 Å². The predicted molar refractivity (Wildman–Crippen MR) is 67.5 cm³/mol. The van der Waals surface area contributed by atoms with E-state index in [4.69, 9.17) is 16.2 Å². The third kappa shape index (κ3) is 3.20. The lowest BCUT2D eigenvalue weighted by molar-refractivity contribution is 0.296. The summed E-state index contributed by atoms with van der Waals surface area (Å²) in [6, 6.07) is 3.20. The number of nitrogens with two attached hydrogens (primary N) is 1. The highest BCUT2D eigenvalue weighted by Crippen LogP contribution is 2.30. The van der Waals surface area contributed by atoms with Gasteiger partial charge in [0.15, 0.2) is 5.82 Å². The van der Waals surface area contributed by atoms with Gasteiger partial charge >= 0.3 is 0 Å². The van der Waals surface area contributed by atoms with Crippen molar-refractivity contribution in [2.24, 2.45) is 5.73 Å². The molecule has 1 rings (SSSR count). The Morgan fingerprint density at radius 1 is 1.56 bits per heavy atom. The van der Waals surface area contributed by atoms with E-state index >= 15 is 0 Å². The van der Waals surface area contributed by atoms with Crippen molar-refractivity contribution < 1.29 is 9.50 Å². The van der Waals surface area contributed by atoms with Gasteiger partial charge in [-0.15, -0.1) is 11.8 Å². The molecular weight excluding hydrogens is 295 g/mol. The summed E-state index contributed by atoms with van der Waals surface area (Å²) < 4.78 is 14.0. The monoisotopic (exact) mass is 306 g/mol. The van der Waals surface area contributed by atoms with Gasteiger partial charge in [0.25, 0.3) is 0 Å². The second-order valence-corrected chi connectivity index (χ2v) is 5.01. The van der Waals surface area contributed by atoms with E-state index in [0.29, 0.717) is 22.6 Å². The topological polar surface area (TPSA) is 70.1 Å². The number of benzene rings is 1. The number of hydrogen-bond acceptors (Lipinski definition) is 3. The molecule has 6 heteroatoms. The Bertz CT molecular complexity index is 401. The third-order valence-corrected chi connectivity index (χ3v) is 3.79. The van der Waals surface area contributed by atoms with Crippen LogP contribution in [-0.2, 0) is 0 Å². The molecule has 0 atom stereocenters. The van der Waals surface area contributed by atoms with E-state index in [1.807, 2.05) is 0 Å². The van der Waals surface area contributed by atoms with E-state index in [-0.39, 0.29) is 16.9 Å². The fourth-order valence-corrected chi connectivity index (χ4v) is 2.67. The van der Waals surface area contributed by atoms with E-state index in [1.54, 1.807) is 12.1 Å². The first-order valence-electron chi connectivity index (χ1n) is 4.64. The van der Waals surface area contributed by atoms with Crippen LogP contribution in [0.15, 0.2) is 21.5 Å². The van der Waals surface area contributed by atoms with Crippen LogP contribution in [0.5, 0.6) is 0 Å². The van der Waals surface area contributed by atoms with Crippen LogP contribution in [0.1, 0.15) is 12.0 Å². The fraction of sp³-hybridized carbons (Fsp3) is 0.300. The van der Waals surface area contributed by atoms with Gasteiger partial charge in [-0.25, -0.2) is 4.39 Å². The maximum Gasteiger partial charge on any atom is 0.151 e. The SMILES string of the molecule is N=C(N)c1ccc(SCCCO)c(F)c1Br. The Labute approximate surface area is 106 Å². The Morgan fingerprint density at radius 3 is 2.81 bits per heavy atom. The molecule has 0 radical (unpaired) electrons. The Morgan fingerprint density at radius 2 is 2.25 bits per heavy atom. The van der Waals surface area contributed by atoms with Gasteiger partial charge in [-0.2, -0.15) is 0 Å². The van der Waals surface area contributed by atoms with Crippen molar-refractivity contribution in [2.75, 3.05) is 12.4 Å².